The minimum Gasteiger partial charge on any atom is -0.306 e. The standard InChI is InChI=1S/C17H18Br3N/c1-4-21-17(12-5-10(2)6-13(18)8-12)14-9-15(19)11(3)7-16(14)20/h5-9,17,21H,4H2,1-3H3. The average Bonchev–Trinajstić information content (AvgIpc) is 2.39. The van der Waals surface area contributed by atoms with Crippen LogP contribution in [0.5, 0.6) is 0 Å². The zero-order valence-corrected chi connectivity index (χ0v) is 17.1. The Labute approximate surface area is 151 Å². The van der Waals surface area contributed by atoms with Crippen molar-refractivity contribution in [1.29, 1.82) is 0 Å². The van der Waals surface area contributed by atoms with E-state index < -0.39 is 0 Å². The van der Waals surface area contributed by atoms with Gasteiger partial charge in [-0.3, -0.25) is 0 Å². The van der Waals surface area contributed by atoms with Gasteiger partial charge >= 0.3 is 0 Å². The summed E-state index contributed by atoms with van der Waals surface area (Å²) >= 11 is 11.0. The Bertz CT molecular complexity index is 632. The highest BCUT2D eigenvalue weighted by atomic mass is 79.9. The van der Waals surface area contributed by atoms with Crippen LogP contribution in [0.2, 0.25) is 0 Å². The van der Waals surface area contributed by atoms with Crippen LogP contribution in [0, 0.1) is 13.8 Å². The van der Waals surface area contributed by atoms with Crippen LogP contribution in [0.1, 0.15) is 35.2 Å². The summed E-state index contributed by atoms with van der Waals surface area (Å²) in [7, 11) is 0. The lowest BCUT2D eigenvalue weighted by atomic mass is 9.96. The third-order valence-electron chi connectivity index (χ3n) is 3.39. The zero-order chi connectivity index (χ0) is 15.6. The Hall–Kier alpha value is -0.160. The van der Waals surface area contributed by atoms with Crippen LogP contribution in [0.3, 0.4) is 0 Å². The first-order valence-corrected chi connectivity index (χ1v) is 9.26. The summed E-state index contributed by atoms with van der Waals surface area (Å²) in [5.41, 5.74) is 4.99. The molecule has 21 heavy (non-hydrogen) atoms. The van der Waals surface area contributed by atoms with Gasteiger partial charge in [0.05, 0.1) is 6.04 Å². The maximum atomic E-state index is 3.71. The van der Waals surface area contributed by atoms with Gasteiger partial charge in [0.25, 0.3) is 0 Å². The number of rotatable bonds is 4. The molecule has 2 rings (SSSR count). The number of halogens is 3. The molecule has 0 radical (unpaired) electrons. The van der Waals surface area contributed by atoms with E-state index in [9.17, 15) is 0 Å². The molecule has 2 aromatic rings. The Morgan fingerprint density at radius 3 is 2.29 bits per heavy atom. The van der Waals surface area contributed by atoms with E-state index in [1.54, 1.807) is 0 Å². The van der Waals surface area contributed by atoms with Crippen LogP contribution >= 0.6 is 47.8 Å². The fourth-order valence-corrected chi connectivity index (χ4v) is 4.10. The highest BCUT2D eigenvalue weighted by Crippen LogP contribution is 2.34. The molecule has 0 aromatic heterocycles. The predicted octanol–water partition coefficient (Wildman–Crippen LogP) is 6.29. The molecule has 0 spiro atoms. The summed E-state index contributed by atoms with van der Waals surface area (Å²) in [4.78, 5) is 0. The van der Waals surface area contributed by atoms with E-state index in [4.69, 9.17) is 0 Å². The van der Waals surface area contributed by atoms with Gasteiger partial charge in [-0.05, 0) is 66.9 Å². The second-order valence-electron chi connectivity index (χ2n) is 5.18. The first-order chi connectivity index (χ1) is 9.92. The third kappa shape index (κ3) is 4.19. The van der Waals surface area contributed by atoms with Gasteiger partial charge in [-0.25, -0.2) is 0 Å². The summed E-state index contributed by atoms with van der Waals surface area (Å²) in [6.07, 6.45) is 0. The molecule has 2 aromatic carbocycles. The number of hydrogen-bond donors (Lipinski definition) is 1. The monoisotopic (exact) mass is 473 g/mol. The Kier molecular flexibility index (Phi) is 6.06. The fourth-order valence-electron chi connectivity index (χ4n) is 2.43. The Morgan fingerprint density at radius 1 is 0.952 bits per heavy atom. The maximum absolute atomic E-state index is 3.71. The van der Waals surface area contributed by atoms with E-state index >= 15 is 0 Å². The predicted molar refractivity (Wildman–Crippen MR) is 101 cm³/mol. The number of nitrogens with one attached hydrogen (secondary N) is 1. The van der Waals surface area contributed by atoms with E-state index in [0.717, 1.165) is 20.0 Å². The van der Waals surface area contributed by atoms with Crippen molar-refractivity contribution in [3.8, 4) is 0 Å². The Morgan fingerprint density at radius 2 is 1.67 bits per heavy atom. The highest BCUT2D eigenvalue weighted by Gasteiger charge is 2.18. The van der Waals surface area contributed by atoms with E-state index in [1.165, 1.54) is 22.3 Å². The normalized spacial score (nSPS) is 12.5. The second kappa shape index (κ2) is 7.40. The van der Waals surface area contributed by atoms with Gasteiger partial charge in [-0.15, -0.1) is 0 Å². The van der Waals surface area contributed by atoms with Gasteiger partial charge in [-0.2, -0.15) is 0 Å². The first-order valence-electron chi connectivity index (χ1n) is 6.88. The van der Waals surface area contributed by atoms with Crippen molar-refractivity contribution < 1.29 is 0 Å². The lowest BCUT2D eigenvalue weighted by molar-refractivity contribution is 0.627. The van der Waals surface area contributed by atoms with Crippen molar-refractivity contribution in [3.05, 3.63) is 66.0 Å². The molecular formula is C17H18Br3N. The van der Waals surface area contributed by atoms with E-state index in [2.05, 4.69) is 104 Å². The van der Waals surface area contributed by atoms with Crippen LogP contribution in [-0.2, 0) is 0 Å². The van der Waals surface area contributed by atoms with Gasteiger partial charge in [0.15, 0.2) is 0 Å². The number of hydrogen-bond acceptors (Lipinski definition) is 1. The minimum absolute atomic E-state index is 0.164. The summed E-state index contributed by atoms with van der Waals surface area (Å²) in [6.45, 7) is 7.27. The van der Waals surface area contributed by atoms with Crippen LogP contribution in [0.4, 0.5) is 0 Å². The van der Waals surface area contributed by atoms with Gasteiger partial charge < -0.3 is 5.32 Å². The van der Waals surface area contributed by atoms with Crippen LogP contribution in [0.25, 0.3) is 0 Å². The molecule has 0 fully saturated rings. The van der Waals surface area contributed by atoms with Gasteiger partial charge in [0.2, 0.25) is 0 Å². The highest BCUT2D eigenvalue weighted by molar-refractivity contribution is 9.11. The van der Waals surface area contributed by atoms with Crippen molar-refractivity contribution in [2.75, 3.05) is 6.54 Å². The third-order valence-corrected chi connectivity index (χ3v) is 5.39. The summed E-state index contributed by atoms with van der Waals surface area (Å²) in [6, 6.07) is 11.1. The van der Waals surface area contributed by atoms with E-state index in [1.807, 2.05) is 0 Å². The average molecular weight is 476 g/mol. The number of aryl methyl sites for hydroxylation is 2. The maximum Gasteiger partial charge on any atom is 0.0588 e. The van der Waals surface area contributed by atoms with Crippen LogP contribution < -0.4 is 5.32 Å². The van der Waals surface area contributed by atoms with E-state index in [-0.39, 0.29) is 6.04 Å². The SMILES string of the molecule is CCNC(c1cc(C)cc(Br)c1)c1cc(Br)c(C)cc1Br. The summed E-state index contributed by atoms with van der Waals surface area (Å²) in [5.74, 6) is 0. The molecule has 0 heterocycles. The molecule has 4 heteroatoms. The molecule has 1 nitrogen and oxygen atoms in total. The van der Waals surface area contributed by atoms with Crippen molar-refractivity contribution in [3.63, 3.8) is 0 Å². The number of benzene rings is 2. The quantitative estimate of drug-likeness (QED) is 0.548. The molecule has 112 valence electrons. The fraction of sp³-hybridized carbons (Fsp3) is 0.294. The molecule has 1 unspecified atom stereocenters. The molecule has 1 N–H and O–H groups in total. The zero-order valence-electron chi connectivity index (χ0n) is 12.3. The molecule has 0 aliphatic rings. The molecular weight excluding hydrogens is 458 g/mol. The van der Waals surface area contributed by atoms with Gasteiger partial charge in [0.1, 0.15) is 0 Å². The molecule has 0 amide bonds. The molecule has 0 saturated heterocycles. The van der Waals surface area contributed by atoms with E-state index in [0.29, 0.717) is 0 Å². The molecule has 0 saturated carbocycles. The van der Waals surface area contributed by atoms with Crippen molar-refractivity contribution in [2.45, 2.75) is 26.8 Å². The van der Waals surface area contributed by atoms with Crippen LogP contribution in [-0.4, -0.2) is 6.54 Å². The second-order valence-corrected chi connectivity index (χ2v) is 7.80. The molecule has 0 bridgehead atoms. The lowest BCUT2D eigenvalue weighted by Gasteiger charge is -2.22. The molecule has 0 aliphatic carbocycles. The molecule has 1 atom stereocenters. The largest absolute Gasteiger partial charge is 0.306 e. The smallest absolute Gasteiger partial charge is 0.0588 e. The van der Waals surface area contributed by atoms with Crippen molar-refractivity contribution in [2.24, 2.45) is 0 Å². The topological polar surface area (TPSA) is 12.0 Å². The van der Waals surface area contributed by atoms with Gasteiger partial charge in [0, 0.05) is 13.4 Å². The van der Waals surface area contributed by atoms with Gasteiger partial charge in [-0.1, -0.05) is 60.8 Å². The van der Waals surface area contributed by atoms with Crippen LogP contribution in [0.15, 0.2) is 43.7 Å². The Balaban J connectivity index is 2.55. The lowest BCUT2D eigenvalue weighted by Crippen LogP contribution is -2.22. The van der Waals surface area contributed by atoms with Crippen molar-refractivity contribution >= 4 is 47.8 Å². The minimum atomic E-state index is 0.164. The summed E-state index contributed by atoms with van der Waals surface area (Å²) in [5, 5.41) is 3.59. The first kappa shape index (κ1) is 17.2. The molecule has 0 aliphatic heterocycles. The van der Waals surface area contributed by atoms with Crippen molar-refractivity contribution in [1.82, 2.24) is 5.32 Å². The summed E-state index contributed by atoms with van der Waals surface area (Å²) < 4.78 is 3.38.